The van der Waals surface area contributed by atoms with Crippen LogP contribution < -0.4 is 15.6 Å². The molecule has 13 heteroatoms. The van der Waals surface area contributed by atoms with Crippen LogP contribution in [-0.2, 0) is 20.3 Å². The number of aromatic nitrogens is 7. The smallest absolute Gasteiger partial charge is 0.421 e. The maximum absolute atomic E-state index is 13.5. The van der Waals surface area contributed by atoms with E-state index in [4.69, 9.17) is 9.84 Å². The van der Waals surface area contributed by atoms with Gasteiger partial charge in [-0.1, -0.05) is 0 Å². The van der Waals surface area contributed by atoms with Gasteiger partial charge in [-0.05, 0) is 25.7 Å². The maximum atomic E-state index is 13.5. The number of hydrogen-bond acceptors (Lipinski definition) is 7. The van der Waals surface area contributed by atoms with Crippen LogP contribution in [0, 0.1) is 0 Å². The minimum Gasteiger partial charge on any atom is -0.473 e. The van der Waals surface area contributed by atoms with Gasteiger partial charge < -0.3 is 10.1 Å². The van der Waals surface area contributed by atoms with Crippen molar-refractivity contribution in [1.29, 1.82) is 0 Å². The molecule has 0 amide bonds. The Hall–Kier alpha value is -3.90. The molecular weight excluding hydrogens is 477 g/mol. The molecule has 1 fully saturated rings. The third kappa shape index (κ3) is 4.40. The van der Waals surface area contributed by atoms with Gasteiger partial charge in [0.05, 0.1) is 17.8 Å². The van der Waals surface area contributed by atoms with Gasteiger partial charge in [-0.15, -0.1) is 5.10 Å². The van der Waals surface area contributed by atoms with Gasteiger partial charge in [0.1, 0.15) is 23.2 Å². The molecule has 0 unspecified atom stereocenters. The average molecular weight is 503 g/mol. The van der Waals surface area contributed by atoms with E-state index < -0.39 is 29.3 Å². The highest BCUT2D eigenvalue weighted by molar-refractivity contribution is 5.93. The van der Waals surface area contributed by atoms with E-state index in [0.717, 1.165) is 26.8 Å². The molecule has 1 aliphatic rings. The van der Waals surface area contributed by atoms with Crippen LogP contribution in [0.4, 0.5) is 19.0 Å². The van der Waals surface area contributed by atoms with Crippen LogP contribution in [0.5, 0.6) is 5.88 Å². The van der Waals surface area contributed by atoms with Crippen molar-refractivity contribution in [2.45, 2.75) is 44.0 Å². The predicted molar refractivity (Wildman–Crippen MR) is 126 cm³/mol. The van der Waals surface area contributed by atoms with Crippen molar-refractivity contribution in [1.82, 2.24) is 34.3 Å². The van der Waals surface area contributed by atoms with Gasteiger partial charge in [0.25, 0.3) is 5.56 Å². The molecule has 10 nitrogen and oxygen atoms in total. The van der Waals surface area contributed by atoms with Crippen LogP contribution in [0.1, 0.15) is 37.3 Å². The summed E-state index contributed by atoms with van der Waals surface area (Å²) in [6.45, 7) is 0. The van der Waals surface area contributed by atoms with Crippen LogP contribution in [0.15, 0.2) is 35.5 Å². The average Bonchev–Trinajstić information content (AvgIpc) is 3.44. The highest BCUT2D eigenvalue weighted by atomic mass is 19.4. The first-order valence-electron chi connectivity index (χ1n) is 11.5. The lowest BCUT2D eigenvalue weighted by Crippen LogP contribution is -2.30. The van der Waals surface area contributed by atoms with Crippen molar-refractivity contribution in [3.05, 3.63) is 46.6 Å². The Labute approximate surface area is 203 Å². The van der Waals surface area contributed by atoms with Crippen molar-refractivity contribution in [2.75, 3.05) is 12.4 Å². The van der Waals surface area contributed by atoms with E-state index in [-0.39, 0.29) is 6.04 Å². The van der Waals surface area contributed by atoms with Crippen LogP contribution in [0.25, 0.3) is 22.2 Å². The lowest BCUT2D eigenvalue weighted by atomic mass is 9.93. The molecule has 0 spiro atoms. The molecule has 5 rings (SSSR count). The van der Waals surface area contributed by atoms with E-state index in [1.165, 1.54) is 7.05 Å². The molecule has 0 bridgehead atoms. The second-order valence-corrected chi connectivity index (χ2v) is 8.90. The Balaban J connectivity index is 1.40. The zero-order chi connectivity index (χ0) is 25.6. The topological polar surface area (TPSA) is 105 Å². The molecule has 0 atom stereocenters. The highest BCUT2D eigenvalue weighted by Gasteiger charge is 2.37. The Morgan fingerprint density at radius 1 is 1.08 bits per heavy atom. The monoisotopic (exact) mass is 502 g/mol. The fourth-order valence-corrected chi connectivity index (χ4v) is 4.58. The minimum atomic E-state index is -4.73. The Morgan fingerprint density at radius 3 is 2.47 bits per heavy atom. The van der Waals surface area contributed by atoms with Crippen molar-refractivity contribution in [2.24, 2.45) is 14.1 Å². The van der Waals surface area contributed by atoms with Gasteiger partial charge in [-0.2, -0.15) is 23.4 Å². The van der Waals surface area contributed by atoms with Crippen molar-refractivity contribution in [3.8, 4) is 17.1 Å². The molecule has 1 saturated carbocycles. The largest absolute Gasteiger partial charge is 0.473 e. The molecular formula is C23H25F3N8O2. The number of fused-ring (bicyclic) bond motifs is 1. The number of aryl methyl sites for hydroxylation is 2. The molecule has 4 aromatic heterocycles. The van der Waals surface area contributed by atoms with Gasteiger partial charge in [-0.25, -0.2) is 9.67 Å². The van der Waals surface area contributed by atoms with Gasteiger partial charge in [0.15, 0.2) is 0 Å². The van der Waals surface area contributed by atoms with E-state index in [1.54, 1.807) is 24.1 Å². The lowest BCUT2D eigenvalue weighted by Gasteiger charge is -2.29. The first-order chi connectivity index (χ1) is 17.1. The first kappa shape index (κ1) is 23.8. The second kappa shape index (κ2) is 8.95. The predicted octanol–water partition coefficient (Wildman–Crippen LogP) is 3.55. The SMILES string of the molecule is CNc1cc2c(cn1)c(-c1cnn(C)c1)nn2C1CCC(Oc2nn(C)c(=O)cc2C(F)(F)F)CC1. The number of pyridine rings is 1. The quantitative estimate of drug-likeness (QED) is 0.445. The zero-order valence-electron chi connectivity index (χ0n) is 20.0. The summed E-state index contributed by atoms with van der Waals surface area (Å²) in [5.41, 5.74) is 0.563. The van der Waals surface area contributed by atoms with E-state index in [9.17, 15) is 18.0 Å². The highest BCUT2D eigenvalue weighted by Crippen LogP contribution is 2.38. The van der Waals surface area contributed by atoms with Gasteiger partial charge >= 0.3 is 6.18 Å². The number of anilines is 1. The number of halogens is 3. The van der Waals surface area contributed by atoms with E-state index in [2.05, 4.69) is 20.5 Å². The number of alkyl halides is 3. The third-order valence-electron chi connectivity index (χ3n) is 6.46. The standard InChI is InChI=1S/C23H25F3N8O2/c1-27-19-9-18-16(11-28-19)21(13-10-29-32(2)12-13)30-34(18)14-4-6-15(7-5-14)36-22-17(23(24,25)26)8-20(35)33(3)31-22/h8-12,14-15H,4-7H2,1-3H3,(H,27,28). The number of ether oxygens (including phenoxy) is 1. The molecule has 0 radical (unpaired) electrons. The van der Waals surface area contributed by atoms with Crippen molar-refractivity contribution < 1.29 is 17.9 Å². The molecule has 0 saturated heterocycles. The number of hydrogen-bond donors (Lipinski definition) is 1. The summed E-state index contributed by atoms with van der Waals surface area (Å²) in [6.07, 6.45) is 2.56. The van der Waals surface area contributed by atoms with Crippen molar-refractivity contribution in [3.63, 3.8) is 0 Å². The van der Waals surface area contributed by atoms with Crippen LogP contribution in [0.3, 0.4) is 0 Å². The summed E-state index contributed by atoms with van der Waals surface area (Å²) in [5.74, 6) is 0.139. The van der Waals surface area contributed by atoms with Crippen molar-refractivity contribution >= 4 is 16.7 Å². The second-order valence-electron chi connectivity index (χ2n) is 8.90. The summed E-state index contributed by atoms with van der Waals surface area (Å²) in [4.78, 5) is 16.2. The van der Waals surface area contributed by atoms with Crippen LogP contribution in [-0.4, -0.2) is 47.5 Å². The minimum absolute atomic E-state index is 0.0278. The maximum Gasteiger partial charge on any atom is 0.421 e. The first-order valence-corrected chi connectivity index (χ1v) is 11.5. The molecule has 1 aliphatic carbocycles. The summed E-state index contributed by atoms with van der Waals surface area (Å²) in [6, 6.07) is 2.49. The van der Waals surface area contributed by atoms with E-state index >= 15 is 0 Å². The van der Waals surface area contributed by atoms with Crippen LogP contribution in [0.2, 0.25) is 0 Å². The third-order valence-corrected chi connectivity index (χ3v) is 6.46. The van der Waals surface area contributed by atoms with Gasteiger partial charge in [0, 0.05) is 56.6 Å². The fourth-order valence-electron chi connectivity index (χ4n) is 4.58. The molecule has 0 aliphatic heterocycles. The lowest BCUT2D eigenvalue weighted by molar-refractivity contribution is -0.140. The Bertz CT molecular complexity index is 1460. The Morgan fingerprint density at radius 2 is 1.83 bits per heavy atom. The van der Waals surface area contributed by atoms with E-state index in [0.29, 0.717) is 37.6 Å². The summed E-state index contributed by atoms with van der Waals surface area (Å²) in [5, 5.41) is 16.8. The van der Waals surface area contributed by atoms with Gasteiger partial charge in [0.2, 0.25) is 5.88 Å². The molecule has 0 aromatic carbocycles. The molecule has 4 heterocycles. The summed E-state index contributed by atoms with van der Waals surface area (Å²) in [7, 11) is 4.93. The van der Waals surface area contributed by atoms with Gasteiger partial charge in [-0.3, -0.25) is 14.2 Å². The number of nitrogens with one attached hydrogen (secondary N) is 1. The summed E-state index contributed by atoms with van der Waals surface area (Å²) >= 11 is 0. The number of nitrogens with zero attached hydrogens (tertiary/aromatic N) is 7. The molecule has 36 heavy (non-hydrogen) atoms. The summed E-state index contributed by atoms with van der Waals surface area (Å²) < 4.78 is 50.6. The zero-order valence-corrected chi connectivity index (χ0v) is 20.0. The normalized spacial score (nSPS) is 18.5. The molecule has 190 valence electrons. The Kier molecular flexibility index (Phi) is 5.92. The number of rotatable bonds is 5. The fraction of sp³-hybridized carbons (Fsp3) is 0.435. The van der Waals surface area contributed by atoms with E-state index in [1.807, 2.05) is 24.0 Å². The van der Waals surface area contributed by atoms with Crippen LogP contribution >= 0.6 is 0 Å². The molecule has 4 aromatic rings. The molecule has 1 N–H and O–H groups in total.